The highest BCUT2D eigenvalue weighted by Crippen LogP contribution is 2.18. The van der Waals surface area contributed by atoms with Gasteiger partial charge >= 0.3 is 0 Å². The summed E-state index contributed by atoms with van der Waals surface area (Å²) in [4.78, 5) is 8.93. The summed E-state index contributed by atoms with van der Waals surface area (Å²) in [6, 6.07) is 10.2. The summed E-state index contributed by atoms with van der Waals surface area (Å²) in [5, 5.41) is 14.2. The highest BCUT2D eigenvalue weighted by Gasteiger charge is 2.26. The zero-order valence-corrected chi connectivity index (χ0v) is 13.7. The standard InChI is InChI=1S/C17H24N4O2/c1-13-10-20(12-17-18-14(2)19-23-17)8-9-21(13)11-16(22)15-6-4-3-5-7-15/h3-7,13,16,22H,8-12H2,1-2H3/t13-,16+/m1/s1. The second-order valence-corrected chi connectivity index (χ2v) is 6.24. The fraction of sp³-hybridized carbons (Fsp3) is 0.529. The maximum absolute atomic E-state index is 10.4. The SMILES string of the molecule is Cc1noc(CN2CCN(C[C@H](O)c3ccccc3)[C@H](C)C2)n1. The minimum Gasteiger partial charge on any atom is -0.387 e. The van der Waals surface area contributed by atoms with Gasteiger partial charge in [0.1, 0.15) is 0 Å². The number of β-amino-alcohol motifs (C(OH)–C–C–N with tert-alkyl or cyclic N) is 1. The molecule has 1 N–H and O–H groups in total. The van der Waals surface area contributed by atoms with Crippen LogP contribution in [-0.4, -0.2) is 57.3 Å². The third-order valence-corrected chi connectivity index (χ3v) is 4.37. The Kier molecular flexibility index (Phi) is 5.05. The van der Waals surface area contributed by atoms with Crippen molar-refractivity contribution in [3.8, 4) is 0 Å². The van der Waals surface area contributed by atoms with Crippen LogP contribution in [0.1, 0.15) is 30.3 Å². The molecular formula is C17H24N4O2. The zero-order chi connectivity index (χ0) is 16.2. The fourth-order valence-corrected chi connectivity index (χ4v) is 3.08. The van der Waals surface area contributed by atoms with Crippen molar-refractivity contribution in [1.29, 1.82) is 0 Å². The molecule has 0 amide bonds. The normalized spacial score (nSPS) is 21.4. The monoisotopic (exact) mass is 316 g/mol. The Labute approximate surface area is 136 Å². The first-order chi connectivity index (χ1) is 11.1. The lowest BCUT2D eigenvalue weighted by Crippen LogP contribution is -2.52. The highest BCUT2D eigenvalue weighted by molar-refractivity contribution is 5.17. The summed E-state index contributed by atoms with van der Waals surface area (Å²) in [6.07, 6.45) is -0.441. The Morgan fingerprint density at radius 2 is 2.09 bits per heavy atom. The smallest absolute Gasteiger partial charge is 0.240 e. The lowest BCUT2D eigenvalue weighted by molar-refractivity contribution is 0.0328. The molecule has 1 fully saturated rings. The molecule has 0 saturated carbocycles. The van der Waals surface area contributed by atoms with Crippen LogP contribution in [0.2, 0.25) is 0 Å². The van der Waals surface area contributed by atoms with E-state index < -0.39 is 6.10 Å². The molecule has 0 unspecified atom stereocenters. The summed E-state index contributed by atoms with van der Waals surface area (Å²) in [7, 11) is 0. The van der Waals surface area contributed by atoms with Crippen LogP contribution < -0.4 is 0 Å². The molecule has 2 heterocycles. The van der Waals surface area contributed by atoms with E-state index in [4.69, 9.17) is 4.52 Å². The van der Waals surface area contributed by atoms with E-state index in [1.807, 2.05) is 37.3 Å². The second-order valence-electron chi connectivity index (χ2n) is 6.24. The molecule has 1 aromatic carbocycles. The quantitative estimate of drug-likeness (QED) is 0.904. The van der Waals surface area contributed by atoms with Gasteiger partial charge in [-0.1, -0.05) is 35.5 Å². The third-order valence-electron chi connectivity index (χ3n) is 4.37. The molecule has 3 rings (SSSR count). The van der Waals surface area contributed by atoms with Crippen LogP contribution in [0.25, 0.3) is 0 Å². The van der Waals surface area contributed by atoms with Crippen molar-refractivity contribution in [2.24, 2.45) is 0 Å². The molecule has 23 heavy (non-hydrogen) atoms. The van der Waals surface area contributed by atoms with Gasteiger partial charge in [-0.25, -0.2) is 0 Å². The molecule has 0 bridgehead atoms. The lowest BCUT2D eigenvalue weighted by atomic mass is 10.1. The van der Waals surface area contributed by atoms with Crippen molar-refractivity contribution in [3.63, 3.8) is 0 Å². The topological polar surface area (TPSA) is 65.6 Å². The van der Waals surface area contributed by atoms with E-state index >= 15 is 0 Å². The van der Waals surface area contributed by atoms with Gasteiger partial charge in [-0.05, 0) is 19.4 Å². The number of rotatable bonds is 5. The van der Waals surface area contributed by atoms with E-state index in [9.17, 15) is 5.11 Å². The predicted octanol–water partition coefficient (Wildman–Crippen LogP) is 1.62. The number of hydrogen-bond acceptors (Lipinski definition) is 6. The van der Waals surface area contributed by atoms with E-state index in [1.165, 1.54) is 0 Å². The van der Waals surface area contributed by atoms with E-state index in [2.05, 4.69) is 26.9 Å². The molecule has 1 aliphatic heterocycles. The maximum atomic E-state index is 10.4. The molecule has 1 aromatic heterocycles. The molecule has 2 aromatic rings. The average molecular weight is 316 g/mol. The van der Waals surface area contributed by atoms with Gasteiger partial charge in [-0.2, -0.15) is 4.98 Å². The number of nitrogens with zero attached hydrogens (tertiary/aromatic N) is 4. The lowest BCUT2D eigenvalue weighted by Gasteiger charge is -2.40. The van der Waals surface area contributed by atoms with Crippen LogP contribution in [0.3, 0.4) is 0 Å². The largest absolute Gasteiger partial charge is 0.387 e. The number of aliphatic hydroxyl groups is 1. The number of aromatic nitrogens is 2. The van der Waals surface area contributed by atoms with E-state index in [0.29, 0.717) is 30.8 Å². The Morgan fingerprint density at radius 1 is 1.30 bits per heavy atom. The summed E-state index contributed by atoms with van der Waals surface area (Å²) in [6.45, 7) is 8.19. The molecule has 0 spiro atoms. The molecule has 0 radical (unpaired) electrons. The number of piperazine rings is 1. The van der Waals surface area contributed by atoms with Crippen molar-refractivity contribution >= 4 is 0 Å². The van der Waals surface area contributed by atoms with Gasteiger partial charge in [0, 0.05) is 32.2 Å². The Morgan fingerprint density at radius 3 is 2.74 bits per heavy atom. The average Bonchev–Trinajstić information content (AvgIpc) is 2.96. The molecule has 2 atom stereocenters. The van der Waals surface area contributed by atoms with E-state index in [1.54, 1.807) is 0 Å². The summed E-state index contributed by atoms with van der Waals surface area (Å²) < 4.78 is 5.20. The van der Waals surface area contributed by atoms with Crippen LogP contribution in [0.4, 0.5) is 0 Å². The summed E-state index contributed by atoms with van der Waals surface area (Å²) in [5.74, 6) is 1.35. The van der Waals surface area contributed by atoms with Crippen LogP contribution in [0, 0.1) is 6.92 Å². The number of aliphatic hydroxyl groups excluding tert-OH is 1. The highest BCUT2D eigenvalue weighted by atomic mass is 16.5. The summed E-state index contributed by atoms with van der Waals surface area (Å²) in [5.41, 5.74) is 0.975. The van der Waals surface area contributed by atoms with E-state index in [0.717, 1.165) is 25.2 Å². The minimum atomic E-state index is -0.441. The van der Waals surface area contributed by atoms with Gasteiger partial charge in [0.05, 0.1) is 12.6 Å². The molecule has 6 nitrogen and oxygen atoms in total. The van der Waals surface area contributed by atoms with Crippen LogP contribution >= 0.6 is 0 Å². The third kappa shape index (κ3) is 4.16. The van der Waals surface area contributed by atoms with Gasteiger partial charge in [-0.15, -0.1) is 0 Å². The number of aryl methyl sites for hydroxylation is 1. The van der Waals surface area contributed by atoms with Gasteiger partial charge in [0.2, 0.25) is 5.89 Å². The zero-order valence-electron chi connectivity index (χ0n) is 13.7. The first-order valence-electron chi connectivity index (χ1n) is 8.10. The van der Waals surface area contributed by atoms with Crippen LogP contribution in [0.5, 0.6) is 0 Å². The van der Waals surface area contributed by atoms with Gasteiger partial charge in [0.15, 0.2) is 5.82 Å². The molecule has 1 aliphatic rings. The van der Waals surface area contributed by atoms with Gasteiger partial charge in [0.25, 0.3) is 0 Å². The number of benzene rings is 1. The maximum Gasteiger partial charge on any atom is 0.240 e. The van der Waals surface area contributed by atoms with Crippen molar-refractivity contribution in [1.82, 2.24) is 19.9 Å². The first-order valence-corrected chi connectivity index (χ1v) is 8.10. The Bertz CT molecular complexity index is 616. The van der Waals surface area contributed by atoms with E-state index in [-0.39, 0.29) is 0 Å². The first kappa shape index (κ1) is 16.1. The van der Waals surface area contributed by atoms with Gasteiger partial charge < -0.3 is 9.63 Å². The Balaban J connectivity index is 1.52. The van der Waals surface area contributed by atoms with Crippen LogP contribution in [-0.2, 0) is 6.54 Å². The predicted molar refractivity (Wildman–Crippen MR) is 86.7 cm³/mol. The van der Waals surface area contributed by atoms with Crippen molar-refractivity contribution in [2.75, 3.05) is 26.2 Å². The second kappa shape index (κ2) is 7.21. The Hall–Kier alpha value is -1.76. The van der Waals surface area contributed by atoms with Crippen molar-refractivity contribution in [2.45, 2.75) is 32.5 Å². The fourth-order valence-electron chi connectivity index (χ4n) is 3.08. The van der Waals surface area contributed by atoms with Crippen LogP contribution in [0.15, 0.2) is 34.9 Å². The molecule has 6 heteroatoms. The molecule has 124 valence electrons. The van der Waals surface area contributed by atoms with Gasteiger partial charge in [-0.3, -0.25) is 9.80 Å². The molecule has 0 aliphatic carbocycles. The number of hydrogen-bond donors (Lipinski definition) is 1. The summed E-state index contributed by atoms with van der Waals surface area (Å²) >= 11 is 0. The minimum absolute atomic E-state index is 0.381. The van der Waals surface area contributed by atoms with Crippen molar-refractivity contribution in [3.05, 3.63) is 47.6 Å². The molecule has 1 saturated heterocycles. The molecular weight excluding hydrogens is 292 g/mol. The van der Waals surface area contributed by atoms with Crippen molar-refractivity contribution < 1.29 is 9.63 Å².